The third kappa shape index (κ3) is 2.85. The Hall–Kier alpha value is -0.830. The summed E-state index contributed by atoms with van der Waals surface area (Å²) in [5.41, 5.74) is 1.13. The van der Waals surface area contributed by atoms with E-state index in [0.29, 0.717) is 5.92 Å². The topological polar surface area (TPSA) is 38.1 Å². The lowest BCUT2D eigenvalue weighted by Gasteiger charge is -2.20. The van der Waals surface area contributed by atoms with Gasteiger partial charge in [0, 0.05) is 12.5 Å². The lowest BCUT2D eigenvalue weighted by Crippen LogP contribution is -2.16. The van der Waals surface area contributed by atoms with Gasteiger partial charge in [-0.1, -0.05) is 26.2 Å². The molecule has 2 rings (SSSR count). The Balaban J connectivity index is 1.94. The molecule has 16 heavy (non-hydrogen) atoms. The molecule has 1 saturated carbocycles. The van der Waals surface area contributed by atoms with Gasteiger partial charge in [-0.15, -0.1) is 0 Å². The van der Waals surface area contributed by atoms with Crippen LogP contribution in [0.25, 0.3) is 0 Å². The molecule has 0 amide bonds. The SMILES string of the molecule is CCCNCc1ncoc1C1CCCCC1. The number of nitrogens with zero attached hydrogens (tertiary/aromatic N) is 1. The average Bonchev–Trinajstić information content (AvgIpc) is 2.79. The van der Waals surface area contributed by atoms with Crippen LogP contribution in [0.1, 0.15) is 62.8 Å². The van der Waals surface area contributed by atoms with Crippen molar-refractivity contribution >= 4 is 0 Å². The molecule has 1 fully saturated rings. The van der Waals surface area contributed by atoms with E-state index < -0.39 is 0 Å². The van der Waals surface area contributed by atoms with Crippen LogP contribution in [0.15, 0.2) is 10.8 Å². The van der Waals surface area contributed by atoms with Gasteiger partial charge in [-0.2, -0.15) is 0 Å². The molecule has 1 aliphatic rings. The summed E-state index contributed by atoms with van der Waals surface area (Å²) in [6, 6.07) is 0. The Morgan fingerprint density at radius 1 is 1.38 bits per heavy atom. The van der Waals surface area contributed by atoms with E-state index >= 15 is 0 Å². The second-order valence-corrected chi connectivity index (χ2v) is 4.68. The lowest BCUT2D eigenvalue weighted by atomic mass is 9.87. The van der Waals surface area contributed by atoms with Crippen molar-refractivity contribution in [2.75, 3.05) is 6.54 Å². The summed E-state index contributed by atoms with van der Waals surface area (Å²) in [5, 5.41) is 3.39. The normalized spacial score (nSPS) is 17.8. The first-order valence-corrected chi connectivity index (χ1v) is 6.54. The van der Waals surface area contributed by atoms with Crippen LogP contribution in [0.3, 0.4) is 0 Å². The molecule has 1 heterocycles. The number of nitrogens with one attached hydrogen (secondary N) is 1. The van der Waals surface area contributed by atoms with Gasteiger partial charge in [-0.25, -0.2) is 4.98 Å². The fourth-order valence-corrected chi connectivity index (χ4v) is 2.49. The third-order valence-electron chi connectivity index (χ3n) is 3.37. The van der Waals surface area contributed by atoms with E-state index in [4.69, 9.17) is 4.42 Å². The molecule has 0 bridgehead atoms. The first-order chi connectivity index (χ1) is 7.92. The number of oxazole rings is 1. The van der Waals surface area contributed by atoms with E-state index in [9.17, 15) is 0 Å². The van der Waals surface area contributed by atoms with Gasteiger partial charge in [0.2, 0.25) is 0 Å². The molecule has 0 radical (unpaired) electrons. The summed E-state index contributed by atoms with van der Waals surface area (Å²) >= 11 is 0. The number of rotatable bonds is 5. The van der Waals surface area contributed by atoms with Crippen molar-refractivity contribution in [3.63, 3.8) is 0 Å². The lowest BCUT2D eigenvalue weighted by molar-refractivity contribution is 0.370. The highest BCUT2D eigenvalue weighted by Gasteiger charge is 2.21. The van der Waals surface area contributed by atoms with Gasteiger partial charge >= 0.3 is 0 Å². The molecule has 1 aromatic rings. The van der Waals surface area contributed by atoms with Gasteiger partial charge in [0.05, 0.1) is 5.69 Å². The van der Waals surface area contributed by atoms with Crippen molar-refractivity contribution < 1.29 is 4.42 Å². The van der Waals surface area contributed by atoms with Crippen molar-refractivity contribution in [1.82, 2.24) is 10.3 Å². The molecule has 3 nitrogen and oxygen atoms in total. The minimum atomic E-state index is 0.620. The molecule has 0 aliphatic heterocycles. The number of hydrogen-bond acceptors (Lipinski definition) is 3. The van der Waals surface area contributed by atoms with Crippen molar-refractivity contribution in [3.05, 3.63) is 17.8 Å². The third-order valence-corrected chi connectivity index (χ3v) is 3.37. The van der Waals surface area contributed by atoms with Crippen LogP contribution in [-0.4, -0.2) is 11.5 Å². The van der Waals surface area contributed by atoms with Gasteiger partial charge in [-0.3, -0.25) is 0 Å². The van der Waals surface area contributed by atoms with Gasteiger partial charge in [0.25, 0.3) is 0 Å². The number of aromatic nitrogens is 1. The second kappa shape index (κ2) is 6.04. The maximum Gasteiger partial charge on any atom is 0.181 e. The van der Waals surface area contributed by atoms with Crippen LogP contribution in [0, 0.1) is 0 Å². The molecular weight excluding hydrogens is 200 g/mol. The predicted octanol–water partition coefficient (Wildman–Crippen LogP) is 3.22. The van der Waals surface area contributed by atoms with Crippen LogP contribution in [0.5, 0.6) is 0 Å². The minimum absolute atomic E-state index is 0.620. The molecule has 0 saturated heterocycles. The minimum Gasteiger partial charge on any atom is -0.448 e. The van der Waals surface area contributed by atoms with E-state index in [-0.39, 0.29) is 0 Å². The Morgan fingerprint density at radius 2 is 2.19 bits per heavy atom. The highest BCUT2D eigenvalue weighted by Crippen LogP contribution is 2.34. The van der Waals surface area contributed by atoms with Crippen LogP contribution in [-0.2, 0) is 6.54 Å². The van der Waals surface area contributed by atoms with E-state index in [1.54, 1.807) is 6.39 Å². The maximum atomic E-state index is 5.58. The molecule has 0 aromatic carbocycles. The molecule has 1 aliphatic carbocycles. The van der Waals surface area contributed by atoms with Crippen molar-refractivity contribution in [2.24, 2.45) is 0 Å². The Kier molecular flexibility index (Phi) is 4.40. The summed E-state index contributed by atoms with van der Waals surface area (Å²) in [5.74, 6) is 1.76. The summed E-state index contributed by atoms with van der Waals surface area (Å²) in [4.78, 5) is 4.33. The first-order valence-electron chi connectivity index (χ1n) is 6.54. The standard InChI is InChI=1S/C13H22N2O/c1-2-8-14-9-12-13(16-10-15-12)11-6-4-3-5-7-11/h10-11,14H,2-9H2,1H3. The average molecular weight is 222 g/mol. The van der Waals surface area contributed by atoms with Gasteiger partial charge in [0.1, 0.15) is 5.76 Å². The van der Waals surface area contributed by atoms with Crippen LogP contribution in [0.4, 0.5) is 0 Å². The number of hydrogen-bond donors (Lipinski definition) is 1. The first kappa shape index (κ1) is 11.6. The zero-order valence-corrected chi connectivity index (χ0v) is 10.2. The van der Waals surface area contributed by atoms with Gasteiger partial charge in [0.15, 0.2) is 6.39 Å². The molecule has 0 atom stereocenters. The quantitative estimate of drug-likeness (QED) is 0.777. The van der Waals surface area contributed by atoms with E-state index in [1.165, 1.54) is 32.1 Å². The predicted molar refractivity (Wildman–Crippen MR) is 64.3 cm³/mol. The smallest absolute Gasteiger partial charge is 0.181 e. The highest BCUT2D eigenvalue weighted by molar-refractivity contribution is 5.13. The molecule has 0 unspecified atom stereocenters. The van der Waals surface area contributed by atoms with E-state index in [1.807, 2.05) is 0 Å². The van der Waals surface area contributed by atoms with Crippen molar-refractivity contribution in [2.45, 2.75) is 57.9 Å². The molecule has 3 heteroatoms. The zero-order valence-electron chi connectivity index (χ0n) is 10.2. The monoisotopic (exact) mass is 222 g/mol. The summed E-state index contributed by atoms with van der Waals surface area (Å²) in [7, 11) is 0. The largest absolute Gasteiger partial charge is 0.448 e. The van der Waals surface area contributed by atoms with Crippen molar-refractivity contribution in [3.8, 4) is 0 Å². The maximum absolute atomic E-state index is 5.58. The molecule has 1 N–H and O–H groups in total. The molecule has 90 valence electrons. The fraction of sp³-hybridized carbons (Fsp3) is 0.769. The fourth-order valence-electron chi connectivity index (χ4n) is 2.49. The van der Waals surface area contributed by atoms with Gasteiger partial charge in [-0.05, 0) is 25.8 Å². The second-order valence-electron chi connectivity index (χ2n) is 4.68. The summed E-state index contributed by atoms with van der Waals surface area (Å²) in [6.07, 6.45) is 9.38. The Morgan fingerprint density at radius 3 is 2.94 bits per heavy atom. The molecule has 1 aromatic heterocycles. The molecular formula is C13H22N2O. The van der Waals surface area contributed by atoms with Gasteiger partial charge < -0.3 is 9.73 Å². The molecule has 0 spiro atoms. The van der Waals surface area contributed by atoms with E-state index in [0.717, 1.165) is 31.0 Å². The Labute approximate surface area is 97.6 Å². The zero-order chi connectivity index (χ0) is 11.2. The van der Waals surface area contributed by atoms with Crippen molar-refractivity contribution in [1.29, 1.82) is 0 Å². The van der Waals surface area contributed by atoms with E-state index in [2.05, 4.69) is 17.2 Å². The van der Waals surface area contributed by atoms with Crippen LogP contribution in [0.2, 0.25) is 0 Å². The highest BCUT2D eigenvalue weighted by atomic mass is 16.3. The summed E-state index contributed by atoms with van der Waals surface area (Å²) in [6.45, 7) is 4.09. The Bertz CT molecular complexity index is 303. The van der Waals surface area contributed by atoms with Crippen LogP contribution >= 0.6 is 0 Å². The summed E-state index contributed by atoms with van der Waals surface area (Å²) < 4.78 is 5.58. The van der Waals surface area contributed by atoms with Crippen LogP contribution < -0.4 is 5.32 Å².